The number of hydrogen-bond acceptors (Lipinski definition) is 2. The molecule has 0 saturated carbocycles. The van der Waals surface area contributed by atoms with Gasteiger partial charge in [-0.2, -0.15) is 0 Å². The van der Waals surface area contributed by atoms with Crippen LogP contribution in [0.3, 0.4) is 0 Å². The smallest absolute Gasteiger partial charge is 0.0349 e. The highest BCUT2D eigenvalue weighted by atomic mass is 15.2. The lowest BCUT2D eigenvalue weighted by Crippen LogP contribution is -2.36. The van der Waals surface area contributed by atoms with Crippen LogP contribution in [0.4, 0.5) is 0 Å². The molecule has 0 N–H and O–H groups in total. The quantitative estimate of drug-likeness (QED) is 0.774. The van der Waals surface area contributed by atoms with Crippen LogP contribution in [-0.2, 0) is 0 Å². The zero-order chi connectivity index (χ0) is 11.4. The highest BCUT2D eigenvalue weighted by Gasteiger charge is 2.23. The van der Waals surface area contributed by atoms with Crippen molar-refractivity contribution in [1.29, 1.82) is 0 Å². The van der Waals surface area contributed by atoms with Gasteiger partial charge in [0.1, 0.15) is 0 Å². The average molecular weight is 218 g/mol. The Morgan fingerprint density at radius 2 is 2.06 bits per heavy atom. The summed E-state index contributed by atoms with van der Waals surface area (Å²) >= 11 is 0. The molecule has 88 valence electrons. The maximum atomic E-state index is 4.11. The number of likely N-dealkylation sites (tertiary alicyclic amines) is 1. The first-order valence-corrected chi connectivity index (χ1v) is 6.41. The van der Waals surface area contributed by atoms with E-state index in [1.165, 1.54) is 37.9 Å². The third-order valence-corrected chi connectivity index (χ3v) is 3.30. The first kappa shape index (κ1) is 11.6. The Morgan fingerprint density at radius 1 is 1.31 bits per heavy atom. The van der Waals surface area contributed by atoms with Crippen LogP contribution >= 0.6 is 0 Å². The van der Waals surface area contributed by atoms with Gasteiger partial charge in [-0.15, -0.1) is 0 Å². The van der Waals surface area contributed by atoms with Gasteiger partial charge in [-0.25, -0.2) is 0 Å². The Labute approximate surface area is 98.7 Å². The first-order chi connectivity index (χ1) is 7.77. The van der Waals surface area contributed by atoms with Gasteiger partial charge in [0.05, 0.1) is 0 Å². The van der Waals surface area contributed by atoms with E-state index in [4.69, 9.17) is 0 Å². The normalized spacial score (nSPS) is 22.6. The lowest BCUT2D eigenvalue weighted by atomic mass is 9.95. The number of piperidine rings is 1. The van der Waals surface area contributed by atoms with Gasteiger partial charge in [0, 0.05) is 25.0 Å². The largest absolute Gasteiger partial charge is 0.296 e. The van der Waals surface area contributed by atoms with E-state index < -0.39 is 0 Å². The minimum atomic E-state index is 0.624. The molecule has 1 aromatic rings. The molecule has 0 bridgehead atoms. The predicted molar refractivity (Wildman–Crippen MR) is 67.2 cm³/mol. The van der Waals surface area contributed by atoms with Gasteiger partial charge >= 0.3 is 0 Å². The minimum Gasteiger partial charge on any atom is -0.296 e. The second-order valence-corrected chi connectivity index (χ2v) is 5.18. The van der Waals surface area contributed by atoms with E-state index in [-0.39, 0.29) is 0 Å². The van der Waals surface area contributed by atoms with Crippen molar-refractivity contribution in [3.05, 3.63) is 30.1 Å². The molecule has 0 aromatic carbocycles. The Balaban J connectivity index is 2.10. The summed E-state index contributed by atoms with van der Waals surface area (Å²) in [4.78, 5) is 6.75. The second-order valence-electron chi connectivity index (χ2n) is 5.18. The van der Waals surface area contributed by atoms with Crippen LogP contribution in [0.25, 0.3) is 0 Å². The van der Waals surface area contributed by atoms with Gasteiger partial charge in [0.15, 0.2) is 0 Å². The summed E-state index contributed by atoms with van der Waals surface area (Å²) < 4.78 is 0. The molecular formula is C14H22N2. The zero-order valence-corrected chi connectivity index (χ0v) is 10.4. The van der Waals surface area contributed by atoms with E-state index in [0.717, 1.165) is 5.92 Å². The van der Waals surface area contributed by atoms with Crippen LogP contribution in [0.1, 0.15) is 44.7 Å². The molecule has 1 saturated heterocycles. The highest BCUT2D eigenvalue weighted by Crippen LogP contribution is 2.30. The molecule has 2 nitrogen and oxygen atoms in total. The summed E-state index contributed by atoms with van der Waals surface area (Å²) in [6, 6.07) is 4.96. The fourth-order valence-corrected chi connectivity index (χ4v) is 2.64. The van der Waals surface area contributed by atoms with Crippen LogP contribution in [-0.4, -0.2) is 23.0 Å². The second kappa shape index (κ2) is 5.44. The van der Waals surface area contributed by atoms with Gasteiger partial charge in [-0.1, -0.05) is 20.3 Å². The van der Waals surface area contributed by atoms with Crippen molar-refractivity contribution in [2.75, 3.05) is 13.1 Å². The molecule has 1 atom stereocenters. The predicted octanol–water partition coefficient (Wildman–Crippen LogP) is 3.26. The van der Waals surface area contributed by atoms with Crippen LogP contribution in [0.5, 0.6) is 0 Å². The number of nitrogens with zero attached hydrogens (tertiary/aromatic N) is 2. The summed E-state index contributed by atoms with van der Waals surface area (Å²) in [5, 5.41) is 0. The number of hydrogen-bond donors (Lipinski definition) is 0. The molecule has 1 aliphatic heterocycles. The van der Waals surface area contributed by atoms with Crippen molar-refractivity contribution < 1.29 is 0 Å². The molecule has 0 amide bonds. The van der Waals surface area contributed by atoms with E-state index in [0.29, 0.717) is 6.04 Å². The van der Waals surface area contributed by atoms with Crippen LogP contribution in [0, 0.1) is 5.92 Å². The summed E-state index contributed by atoms with van der Waals surface area (Å²) in [6.45, 7) is 7.08. The molecule has 0 radical (unpaired) electrons. The molecule has 16 heavy (non-hydrogen) atoms. The molecule has 1 aliphatic rings. The van der Waals surface area contributed by atoms with Crippen molar-refractivity contribution in [3.8, 4) is 0 Å². The molecule has 1 fully saturated rings. The van der Waals surface area contributed by atoms with E-state index in [1.54, 1.807) is 0 Å². The van der Waals surface area contributed by atoms with Crippen molar-refractivity contribution in [1.82, 2.24) is 9.88 Å². The van der Waals surface area contributed by atoms with Gasteiger partial charge in [-0.3, -0.25) is 9.88 Å². The maximum absolute atomic E-state index is 4.11. The van der Waals surface area contributed by atoms with Gasteiger partial charge in [0.2, 0.25) is 0 Å². The van der Waals surface area contributed by atoms with Crippen LogP contribution in [0.15, 0.2) is 24.5 Å². The third-order valence-electron chi connectivity index (χ3n) is 3.30. The molecule has 0 aliphatic carbocycles. The van der Waals surface area contributed by atoms with E-state index in [2.05, 4.69) is 35.9 Å². The molecule has 2 heterocycles. The molecular weight excluding hydrogens is 196 g/mol. The number of aromatic nitrogens is 1. The van der Waals surface area contributed by atoms with Gasteiger partial charge in [-0.05, 0) is 43.0 Å². The molecule has 0 unspecified atom stereocenters. The number of pyridine rings is 1. The first-order valence-electron chi connectivity index (χ1n) is 6.41. The zero-order valence-electron chi connectivity index (χ0n) is 10.4. The van der Waals surface area contributed by atoms with Gasteiger partial charge in [0.25, 0.3) is 0 Å². The van der Waals surface area contributed by atoms with E-state index in [1.807, 2.05) is 12.4 Å². The van der Waals surface area contributed by atoms with Crippen molar-refractivity contribution in [2.24, 2.45) is 5.92 Å². The summed E-state index contributed by atoms with van der Waals surface area (Å²) in [5.74, 6) is 0.752. The maximum Gasteiger partial charge on any atom is 0.0349 e. The monoisotopic (exact) mass is 218 g/mol. The fraction of sp³-hybridized carbons (Fsp3) is 0.643. The molecule has 1 aromatic heterocycles. The van der Waals surface area contributed by atoms with Gasteiger partial charge < -0.3 is 0 Å². The Morgan fingerprint density at radius 3 is 2.75 bits per heavy atom. The third kappa shape index (κ3) is 2.82. The Bertz CT molecular complexity index is 308. The molecule has 2 rings (SSSR count). The van der Waals surface area contributed by atoms with Crippen LogP contribution < -0.4 is 0 Å². The highest BCUT2D eigenvalue weighted by molar-refractivity contribution is 5.15. The summed E-state index contributed by atoms with van der Waals surface area (Å²) in [7, 11) is 0. The average Bonchev–Trinajstić information content (AvgIpc) is 2.30. The summed E-state index contributed by atoms with van der Waals surface area (Å²) in [6.07, 6.45) is 7.85. The lowest BCUT2D eigenvalue weighted by molar-refractivity contribution is 0.132. The van der Waals surface area contributed by atoms with Crippen LogP contribution in [0.2, 0.25) is 0 Å². The lowest BCUT2D eigenvalue weighted by Gasteiger charge is -2.37. The van der Waals surface area contributed by atoms with E-state index in [9.17, 15) is 0 Å². The van der Waals surface area contributed by atoms with E-state index >= 15 is 0 Å². The molecule has 0 spiro atoms. The fourth-order valence-electron chi connectivity index (χ4n) is 2.64. The van der Waals surface area contributed by atoms with Crippen molar-refractivity contribution in [3.63, 3.8) is 0 Å². The van der Waals surface area contributed by atoms with Crippen molar-refractivity contribution >= 4 is 0 Å². The molecule has 2 heteroatoms. The topological polar surface area (TPSA) is 16.1 Å². The SMILES string of the molecule is CC(C)CN1CCCC[C@H]1c1ccncc1. The summed E-state index contributed by atoms with van der Waals surface area (Å²) in [5.41, 5.74) is 1.44. The standard InChI is InChI=1S/C14H22N2/c1-12(2)11-16-10-4-3-5-14(16)13-6-8-15-9-7-13/h6-9,12,14H,3-5,10-11H2,1-2H3/t14-/m0/s1. The Hall–Kier alpha value is -0.890. The Kier molecular flexibility index (Phi) is 3.94. The number of rotatable bonds is 3. The minimum absolute atomic E-state index is 0.624. The van der Waals surface area contributed by atoms with Crippen molar-refractivity contribution in [2.45, 2.75) is 39.2 Å².